The minimum absolute atomic E-state index is 0.00298. The van der Waals surface area contributed by atoms with Crippen LogP contribution in [0.2, 0.25) is 0 Å². The summed E-state index contributed by atoms with van der Waals surface area (Å²) in [6.45, 7) is 0.00298. The number of furan rings is 1. The van der Waals surface area contributed by atoms with Crippen molar-refractivity contribution < 1.29 is 31.6 Å². The number of benzene rings is 1. The second kappa shape index (κ2) is 9.71. The molecule has 13 heteroatoms. The molecule has 0 bridgehead atoms. The van der Waals surface area contributed by atoms with Gasteiger partial charge in [-0.25, -0.2) is 22.4 Å². The van der Waals surface area contributed by atoms with Gasteiger partial charge in [0.15, 0.2) is 11.6 Å². The first kappa shape index (κ1) is 24.4. The minimum Gasteiger partial charge on any atom is -0.437 e. The van der Waals surface area contributed by atoms with Crippen LogP contribution in [-0.4, -0.2) is 38.3 Å². The molecule has 0 unspecified atom stereocenters. The Morgan fingerprint density at radius 3 is 2.58 bits per heavy atom. The molecule has 0 atom stereocenters. The van der Waals surface area contributed by atoms with Gasteiger partial charge in [0.2, 0.25) is 15.7 Å². The number of hydrogen-bond donors (Lipinski definition) is 1. The van der Waals surface area contributed by atoms with E-state index in [1.54, 1.807) is 0 Å². The standard InChI is InChI=1S/C20H16FIN4O6S/c1-33(29,30)26(9-3-2-8-23)17-14(22)10-13-15(19(27)32-20(24)28)16(31-18(13)25-17)11-4-6-12(21)7-5-11/h4-7,10H,2-3,9H2,1H3,(H2,24,28). The van der Waals surface area contributed by atoms with Crippen LogP contribution in [0.3, 0.4) is 0 Å². The molecule has 2 aromatic heterocycles. The number of primary amides is 1. The predicted molar refractivity (Wildman–Crippen MR) is 124 cm³/mol. The summed E-state index contributed by atoms with van der Waals surface area (Å²) in [5.41, 5.74) is 4.97. The number of nitrogens with two attached hydrogens (primary N) is 1. The molecule has 0 aliphatic rings. The topological polar surface area (TPSA) is 157 Å². The Balaban J connectivity index is 2.24. The number of sulfonamides is 1. The first-order valence-electron chi connectivity index (χ1n) is 9.28. The van der Waals surface area contributed by atoms with E-state index >= 15 is 0 Å². The number of nitrogens with zero attached hydrogens (tertiary/aromatic N) is 3. The molecule has 10 nitrogen and oxygen atoms in total. The maximum atomic E-state index is 13.4. The number of ether oxygens (including phenoxy) is 1. The van der Waals surface area contributed by atoms with Crippen LogP contribution < -0.4 is 10.0 Å². The third kappa shape index (κ3) is 5.40. The van der Waals surface area contributed by atoms with Gasteiger partial charge in [-0.2, -0.15) is 10.2 Å². The molecule has 0 aliphatic heterocycles. The van der Waals surface area contributed by atoms with Crippen LogP contribution in [0.5, 0.6) is 0 Å². The largest absolute Gasteiger partial charge is 0.437 e. The fourth-order valence-electron chi connectivity index (χ4n) is 3.04. The van der Waals surface area contributed by atoms with Gasteiger partial charge in [-0.15, -0.1) is 0 Å². The molecule has 172 valence electrons. The van der Waals surface area contributed by atoms with E-state index in [-0.39, 0.29) is 53.2 Å². The summed E-state index contributed by atoms with van der Waals surface area (Å²) < 4.78 is 49.8. The Morgan fingerprint density at radius 2 is 2.00 bits per heavy atom. The molecule has 0 fully saturated rings. The summed E-state index contributed by atoms with van der Waals surface area (Å²) in [6, 6.07) is 8.41. The Morgan fingerprint density at radius 1 is 1.33 bits per heavy atom. The first-order valence-corrected chi connectivity index (χ1v) is 12.2. The van der Waals surface area contributed by atoms with Crippen LogP contribution in [0.25, 0.3) is 22.4 Å². The molecule has 1 amide bonds. The molecular formula is C20H16FIN4O6S. The summed E-state index contributed by atoms with van der Waals surface area (Å²) >= 11 is 1.85. The molecule has 0 spiro atoms. The lowest BCUT2D eigenvalue weighted by Gasteiger charge is -2.21. The average Bonchev–Trinajstić information content (AvgIpc) is 3.08. The predicted octanol–water partition coefficient (Wildman–Crippen LogP) is 3.54. The maximum absolute atomic E-state index is 13.4. The summed E-state index contributed by atoms with van der Waals surface area (Å²) in [5.74, 6) is -1.66. The number of nitriles is 1. The highest BCUT2D eigenvalue weighted by Gasteiger charge is 2.29. The van der Waals surface area contributed by atoms with Gasteiger partial charge in [0, 0.05) is 18.5 Å². The van der Waals surface area contributed by atoms with Gasteiger partial charge in [0.05, 0.1) is 21.3 Å². The van der Waals surface area contributed by atoms with Crippen LogP contribution >= 0.6 is 22.6 Å². The molecule has 0 saturated carbocycles. The van der Waals surface area contributed by atoms with Gasteiger partial charge in [0.1, 0.15) is 11.4 Å². The highest BCUT2D eigenvalue weighted by molar-refractivity contribution is 14.1. The van der Waals surface area contributed by atoms with Crippen LogP contribution in [0.15, 0.2) is 34.7 Å². The number of esters is 1. The normalized spacial score (nSPS) is 11.2. The van der Waals surface area contributed by atoms with E-state index in [0.29, 0.717) is 3.57 Å². The van der Waals surface area contributed by atoms with E-state index in [1.807, 2.05) is 28.7 Å². The van der Waals surface area contributed by atoms with Crippen molar-refractivity contribution in [2.24, 2.45) is 5.73 Å². The molecule has 33 heavy (non-hydrogen) atoms. The summed E-state index contributed by atoms with van der Waals surface area (Å²) in [5, 5.41) is 8.91. The van der Waals surface area contributed by atoms with Gasteiger partial charge >= 0.3 is 12.1 Å². The second-order valence-electron chi connectivity index (χ2n) is 6.76. The molecule has 2 heterocycles. The summed E-state index contributed by atoms with van der Waals surface area (Å²) in [7, 11) is -3.76. The van der Waals surface area contributed by atoms with E-state index in [0.717, 1.165) is 22.7 Å². The third-order valence-electron chi connectivity index (χ3n) is 4.41. The van der Waals surface area contributed by atoms with Crippen molar-refractivity contribution in [3.8, 4) is 17.4 Å². The summed E-state index contributed by atoms with van der Waals surface area (Å²) in [6.07, 6.45) is 0.0838. The fraction of sp³-hybridized carbons (Fsp3) is 0.200. The number of rotatable bonds is 7. The van der Waals surface area contributed by atoms with Crippen LogP contribution in [-0.2, 0) is 14.8 Å². The van der Waals surface area contributed by atoms with Crippen LogP contribution in [0.4, 0.5) is 15.0 Å². The van der Waals surface area contributed by atoms with Gasteiger partial charge < -0.3 is 14.9 Å². The Hall–Kier alpha value is -3.25. The number of aromatic nitrogens is 1. The molecule has 1 aromatic carbocycles. The van der Waals surface area contributed by atoms with Crippen molar-refractivity contribution in [2.75, 3.05) is 17.1 Å². The van der Waals surface area contributed by atoms with Crippen molar-refractivity contribution in [1.29, 1.82) is 5.26 Å². The number of carbonyl (C=O) groups excluding carboxylic acids is 2. The number of halogens is 2. The van der Waals surface area contributed by atoms with Crippen LogP contribution in [0, 0.1) is 20.7 Å². The molecular weight excluding hydrogens is 570 g/mol. The second-order valence-corrected chi connectivity index (χ2v) is 9.83. The number of anilines is 1. The zero-order chi connectivity index (χ0) is 24.3. The van der Waals surface area contributed by atoms with E-state index in [1.165, 1.54) is 18.2 Å². The Bertz CT molecular complexity index is 1380. The molecule has 0 radical (unpaired) electrons. The Kier molecular flexibility index (Phi) is 7.18. The van der Waals surface area contributed by atoms with Gasteiger partial charge in [-0.05, 0) is 59.3 Å². The molecule has 3 aromatic rings. The number of hydrogen-bond acceptors (Lipinski definition) is 8. The van der Waals surface area contributed by atoms with Gasteiger partial charge in [0.25, 0.3) is 0 Å². The van der Waals surface area contributed by atoms with Crippen molar-refractivity contribution in [3.05, 3.63) is 45.3 Å². The lowest BCUT2D eigenvalue weighted by molar-refractivity contribution is 0.0640. The SMILES string of the molecule is CS(=O)(=O)N(CCCC#N)c1nc2oc(-c3ccc(F)cc3)c(C(=O)OC(N)=O)c2cc1I. The Labute approximate surface area is 201 Å². The highest BCUT2D eigenvalue weighted by atomic mass is 127. The smallest absolute Gasteiger partial charge is 0.412 e. The zero-order valence-electron chi connectivity index (χ0n) is 17.0. The lowest BCUT2D eigenvalue weighted by atomic mass is 10.1. The molecule has 0 aliphatic carbocycles. The van der Waals surface area contributed by atoms with Gasteiger partial charge in [-0.3, -0.25) is 4.31 Å². The first-order chi connectivity index (χ1) is 15.5. The van der Waals surface area contributed by atoms with Gasteiger partial charge in [-0.1, -0.05) is 0 Å². The number of carbonyl (C=O) groups is 2. The fourth-order valence-corrected chi connectivity index (χ4v) is 4.85. The lowest BCUT2D eigenvalue weighted by Crippen LogP contribution is -2.32. The number of unbranched alkanes of at least 4 members (excludes halogenated alkanes) is 1. The van der Waals surface area contributed by atoms with E-state index < -0.39 is 27.9 Å². The highest BCUT2D eigenvalue weighted by Crippen LogP contribution is 2.37. The van der Waals surface area contributed by atoms with Crippen LogP contribution in [0.1, 0.15) is 23.2 Å². The van der Waals surface area contributed by atoms with Crippen molar-refractivity contribution in [2.45, 2.75) is 12.8 Å². The third-order valence-corrected chi connectivity index (χ3v) is 6.36. The van der Waals surface area contributed by atoms with E-state index in [4.69, 9.17) is 15.4 Å². The maximum Gasteiger partial charge on any atom is 0.412 e. The molecule has 3 rings (SSSR count). The zero-order valence-corrected chi connectivity index (χ0v) is 20.0. The number of fused-ring (bicyclic) bond motifs is 1. The van der Waals surface area contributed by atoms with E-state index in [9.17, 15) is 22.4 Å². The quantitative estimate of drug-likeness (QED) is 0.191. The van der Waals surface area contributed by atoms with Crippen molar-refractivity contribution in [1.82, 2.24) is 4.98 Å². The number of amides is 1. The average molecular weight is 586 g/mol. The monoisotopic (exact) mass is 586 g/mol. The molecule has 2 N–H and O–H groups in total. The minimum atomic E-state index is -3.76. The van der Waals surface area contributed by atoms with Crippen molar-refractivity contribution >= 4 is 61.6 Å². The molecule has 0 saturated heterocycles. The van der Waals surface area contributed by atoms with E-state index in [2.05, 4.69) is 9.72 Å². The van der Waals surface area contributed by atoms with Crippen molar-refractivity contribution in [3.63, 3.8) is 0 Å². The summed E-state index contributed by atoms with van der Waals surface area (Å²) in [4.78, 5) is 28.1. The number of pyridine rings is 1.